The quantitative estimate of drug-likeness (QED) is 0.696. The molecule has 0 bridgehead atoms. The number of rotatable bonds is 9. The minimum absolute atomic E-state index is 0.414. The van der Waals surface area contributed by atoms with Crippen molar-refractivity contribution in [2.45, 2.75) is 46.6 Å². The van der Waals surface area contributed by atoms with E-state index in [1.165, 1.54) is 0 Å². The summed E-state index contributed by atoms with van der Waals surface area (Å²) in [7, 11) is 0. The second-order valence-corrected chi connectivity index (χ2v) is 6.29. The molecule has 1 heterocycles. The molecule has 0 aliphatic rings. The molecular weight excluding hydrogens is 326 g/mol. The number of carbonyl (C=O) groups excluding carboxylic acids is 1. The molecular formula is C21H27N3O2. The summed E-state index contributed by atoms with van der Waals surface area (Å²) in [6.07, 6.45) is 2.71. The maximum absolute atomic E-state index is 12.2. The van der Waals surface area contributed by atoms with Crippen molar-refractivity contribution in [1.82, 2.24) is 4.57 Å². The number of hydrogen-bond donors (Lipinski definition) is 1. The molecule has 0 unspecified atom stereocenters. The molecule has 1 aromatic heterocycles. The number of nitrogens with two attached hydrogens (primary N) is 1. The van der Waals surface area contributed by atoms with Crippen LogP contribution in [0.25, 0.3) is 11.1 Å². The minimum Gasteiger partial charge on any atom is -0.382 e. The molecule has 0 saturated carbocycles. The lowest BCUT2D eigenvalue weighted by molar-refractivity contribution is 0.1000. The highest BCUT2D eigenvalue weighted by Crippen LogP contribution is 2.34. The van der Waals surface area contributed by atoms with Gasteiger partial charge in [-0.15, -0.1) is 0 Å². The van der Waals surface area contributed by atoms with Crippen molar-refractivity contribution < 1.29 is 9.53 Å². The summed E-state index contributed by atoms with van der Waals surface area (Å²) in [6, 6.07) is 9.46. The molecule has 2 aromatic rings. The lowest BCUT2D eigenvalue weighted by Crippen LogP contribution is -2.13. The molecule has 0 radical (unpaired) electrons. The number of aromatic nitrogens is 1. The summed E-state index contributed by atoms with van der Waals surface area (Å²) in [5.41, 5.74) is 10.8. The van der Waals surface area contributed by atoms with Crippen LogP contribution in [0.1, 0.15) is 54.0 Å². The number of ether oxygens (including phenoxy) is 1. The van der Waals surface area contributed by atoms with E-state index in [0.717, 1.165) is 48.3 Å². The van der Waals surface area contributed by atoms with Crippen LogP contribution in [0.2, 0.25) is 0 Å². The van der Waals surface area contributed by atoms with Crippen LogP contribution in [0, 0.1) is 18.3 Å². The molecule has 0 saturated heterocycles. The van der Waals surface area contributed by atoms with Crippen LogP contribution >= 0.6 is 0 Å². The standard InChI is InChI=1S/C21H27N3O2/c1-4-7-18-20(17-10-8-16(14-22)9-11-17)19(21(23)25)15(3)24(18)12-6-13-26-5-2/h8-11H,4-7,12-13H2,1-3H3,(H2,23,25). The predicted molar refractivity (Wildman–Crippen MR) is 103 cm³/mol. The van der Waals surface area contributed by atoms with Gasteiger partial charge in [-0.1, -0.05) is 25.5 Å². The molecule has 5 heteroatoms. The van der Waals surface area contributed by atoms with E-state index in [1.54, 1.807) is 12.1 Å². The smallest absolute Gasteiger partial charge is 0.251 e. The number of hydrogen-bond acceptors (Lipinski definition) is 3. The molecule has 2 N–H and O–H groups in total. The Balaban J connectivity index is 2.55. The van der Waals surface area contributed by atoms with Gasteiger partial charge in [0.05, 0.1) is 17.2 Å². The number of amides is 1. The maximum Gasteiger partial charge on any atom is 0.251 e. The van der Waals surface area contributed by atoms with Gasteiger partial charge < -0.3 is 15.0 Å². The third kappa shape index (κ3) is 4.14. The molecule has 2 rings (SSSR count). The molecule has 0 spiro atoms. The van der Waals surface area contributed by atoms with Crippen molar-refractivity contribution in [2.24, 2.45) is 5.73 Å². The average Bonchev–Trinajstić information content (AvgIpc) is 2.91. The zero-order valence-electron chi connectivity index (χ0n) is 15.8. The summed E-state index contributed by atoms with van der Waals surface area (Å²) in [5, 5.41) is 9.03. The zero-order valence-corrected chi connectivity index (χ0v) is 15.8. The average molecular weight is 353 g/mol. The van der Waals surface area contributed by atoms with Crippen LogP contribution < -0.4 is 5.73 Å². The van der Waals surface area contributed by atoms with Crippen LogP contribution in [0.3, 0.4) is 0 Å². The first-order valence-electron chi connectivity index (χ1n) is 9.15. The van der Waals surface area contributed by atoms with E-state index in [0.29, 0.717) is 24.3 Å². The third-order valence-electron chi connectivity index (χ3n) is 4.54. The van der Waals surface area contributed by atoms with Gasteiger partial charge in [0.1, 0.15) is 0 Å². The lowest BCUT2D eigenvalue weighted by atomic mass is 9.97. The fourth-order valence-electron chi connectivity index (χ4n) is 3.39. The molecule has 138 valence electrons. The van der Waals surface area contributed by atoms with E-state index in [1.807, 2.05) is 26.0 Å². The van der Waals surface area contributed by atoms with Crippen LogP contribution in [-0.2, 0) is 17.7 Å². The number of nitrogens with zero attached hydrogens (tertiary/aromatic N) is 2. The number of primary amides is 1. The van der Waals surface area contributed by atoms with Crippen LogP contribution in [0.5, 0.6) is 0 Å². The third-order valence-corrected chi connectivity index (χ3v) is 4.54. The van der Waals surface area contributed by atoms with Gasteiger partial charge in [0.15, 0.2) is 0 Å². The van der Waals surface area contributed by atoms with Gasteiger partial charge in [-0.3, -0.25) is 4.79 Å². The molecule has 1 aromatic carbocycles. The molecule has 1 amide bonds. The van der Waals surface area contributed by atoms with E-state index < -0.39 is 5.91 Å². The monoisotopic (exact) mass is 353 g/mol. The SMILES string of the molecule is CCCc1c(-c2ccc(C#N)cc2)c(C(N)=O)c(C)n1CCCOCC. The highest BCUT2D eigenvalue weighted by molar-refractivity contribution is 6.02. The Kier molecular flexibility index (Phi) is 6.99. The summed E-state index contributed by atoms with van der Waals surface area (Å²) in [6.45, 7) is 8.25. The number of carbonyl (C=O) groups is 1. The minimum atomic E-state index is -0.414. The summed E-state index contributed by atoms with van der Waals surface area (Å²) >= 11 is 0. The molecule has 0 aliphatic heterocycles. The Bertz CT molecular complexity index is 798. The van der Waals surface area contributed by atoms with E-state index in [2.05, 4.69) is 17.6 Å². The second-order valence-electron chi connectivity index (χ2n) is 6.29. The first kappa shape index (κ1) is 19.7. The van der Waals surface area contributed by atoms with E-state index >= 15 is 0 Å². The fourth-order valence-corrected chi connectivity index (χ4v) is 3.39. The molecule has 5 nitrogen and oxygen atoms in total. The predicted octanol–water partition coefficient (Wildman–Crippen LogP) is 3.81. The van der Waals surface area contributed by atoms with Crippen LogP contribution in [0.4, 0.5) is 0 Å². The summed E-state index contributed by atoms with van der Waals surface area (Å²) < 4.78 is 7.66. The summed E-state index contributed by atoms with van der Waals surface area (Å²) in [4.78, 5) is 12.2. The highest BCUT2D eigenvalue weighted by Gasteiger charge is 2.24. The Morgan fingerprint density at radius 2 is 1.96 bits per heavy atom. The zero-order chi connectivity index (χ0) is 19.1. The summed E-state index contributed by atoms with van der Waals surface area (Å²) in [5.74, 6) is -0.414. The molecule has 26 heavy (non-hydrogen) atoms. The lowest BCUT2D eigenvalue weighted by Gasteiger charge is -2.13. The van der Waals surface area contributed by atoms with Gasteiger partial charge in [-0.25, -0.2) is 0 Å². The fraction of sp³-hybridized carbons (Fsp3) is 0.429. The Hall–Kier alpha value is -2.58. The van der Waals surface area contributed by atoms with Gasteiger partial charge in [0.25, 0.3) is 5.91 Å². The maximum atomic E-state index is 12.2. The van der Waals surface area contributed by atoms with Crippen molar-refractivity contribution in [2.75, 3.05) is 13.2 Å². The van der Waals surface area contributed by atoms with Crippen LogP contribution in [-0.4, -0.2) is 23.7 Å². The first-order chi connectivity index (χ1) is 12.5. The second kappa shape index (κ2) is 9.21. The highest BCUT2D eigenvalue weighted by atomic mass is 16.5. The molecule has 0 atom stereocenters. The van der Waals surface area contributed by atoms with Gasteiger partial charge in [0, 0.05) is 36.7 Å². The van der Waals surface area contributed by atoms with Gasteiger partial charge in [-0.05, 0) is 44.4 Å². The normalized spacial score (nSPS) is 10.7. The Morgan fingerprint density at radius 1 is 1.27 bits per heavy atom. The van der Waals surface area contributed by atoms with Crippen molar-refractivity contribution in [1.29, 1.82) is 5.26 Å². The van der Waals surface area contributed by atoms with Crippen molar-refractivity contribution >= 4 is 5.91 Å². The van der Waals surface area contributed by atoms with E-state index in [4.69, 9.17) is 15.7 Å². The van der Waals surface area contributed by atoms with Gasteiger partial charge >= 0.3 is 0 Å². The molecule has 0 fully saturated rings. The van der Waals surface area contributed by atoms with Crippen molar-refractivity contribution in [3.8, 4) is 17.2 Å². The van der Waals surface area contributed by atoms with Crippen molar-refractivity contribution in [3.05, 3.63) is 46.8 Å². The van der Waals surface area contributed by atoms with Crippen molar-refractivity contribution in [3.63, 3.8) is 0 Å². The van der Waals surface area contributed by atoms with E-state index in [-0.39, 0.29) is 0 Å². The largest absolute Gasteiger partial charge is 0.382 e. The molecule has 0 aliphatic carbocycles. The van der Waals surface area contributed by atoms with Gasteiger partial charge in [-0.2, -0.15) is 5.26 Å². The van der Waals surface area contributed by atoms with Crippen LogP contribution in [0.15, 0.2) is 24.3 Å². The van der Waals surface area contributed by atoms with Gasteiger partial charge in [0.2, 0.25) is 0 Å². The number of benzene rings is 1. The van der Waals surface area contributed by atoms with E-state index in [9.17, 15) is 4.79 Å². The first-order valence-corrected chi connectivity index (χ1v) is 9.15. The topological polar surface area (TPSA) is 81.0 Å². The Morgan fingerprint density at radius 3 is 2.50 bits per heavy atom. The number of nitriles is 1. The Labute approximate surface area is 155 Å².